The molecule has 2 aromatic carbocycles. The van der Waals surface area contributed by atoms with Crippen molar-refractivity contribution in [3.8, 4) is 17.6 Å². The van der Waals surface area contributed by atoms with E-state index in [-0.39, 0.29) is 17.1 Å². The van der Waals surface area contributed by atoms with Crippen molar-refractivity contribution >= 4 is 11.9 Å². The molecule has 6 heteroatoms. The van der Waals surface area contributed by atoms with Crippen LogP contribution in [0.25, 0.3) is 6.08 Å². The maximum Gasteiger partial charge on any atom is 0.387 e. The number of allylic oxidation sites excluding steroid dienone is 1. The van der Waals surface area contributed by atoms with Gasteiger partial charge in [0.25, 0.3) is 0 Å². The number of methoxy groups -OCH3 is 1. The van der Waals surface area contributed by atoms with E-state index in [1.807, 2.05) is 19.1 Å². The van der Waals surface area contributed by atoms with Gasteiger partial charge in [0.15, 0.2) is 11.5 Å². The van der Waals surface area contributed by atoms with E-state index in [0.29, 0.717) is 11.1 Å². The number of Topliss-reactive ketones (excluding diaryl/α,β-unsaturated/α-hetero) is 1. The van der Waals surface area contributed by atoms with Gasteiger partial charge in [0.1, 0.15) is 11.6 Å². The summed E-state index contributed by atoms with van der Waals surface area (Å²) in [5.41, 5.74) is 1.68. The molecule has 2 rings (SSSR count). The number of aryl methyl sites for hydroxylation is 1. The maximum atomic E-state index is 12.5. The third-order valence-electron chi connectivity index (χ3n) is 3.36. The molecule has 0 aliphatic heterocycles. The van der Waals surface area contributed by atoms with Gasteiger partial charge in [-0.15, -0.1) is 0 Å². The lowest BCUT2D eigenvalue weighted by Gasteiger charge is -2.10. The number of hydrogen-bond donors (Lipinski definition) is 0. The van der Waals surface area contributed by atoms with Crippen LogP contribution in [0.1, 0.15) is 21.5 Å². The first-order valence-corrected chi connectivity index (χ1v) is 7.30. The second-order valence-electron chi connectivity index (χ2n) is 5.16. The average molecular weight is 343 g/mol. The Labute approximate surface area is 143 Å². The SMILES string of the molecule is COc1cc(/C=C(\C#N)C(=O)c2cccc(C)c2)ccc1OC(F)F. The molecule has 0 unspecified atom stereocenters. The minimum atomic E-state index is -2.98. The molecular weight excluding hydrogens is 328 g/mol. The highest BCUT2D eigenvalue weighted by atomic mass is 19.3. The van der Waals surface area contributed by atoms with Gasteiger partial charge in [-0.2, -0.15) is 14.0 Å². The number of halogens is 2. The van der Waals surface area contributed by atoms with Crippen LogP contribution in [0.4, 0.5) is 8.78 Å². The van der Waals surface area contributed by atoms with Crippen LogP contribution in [-0.4, -0.2) is 19.5 Å². The Kier molecular flexibility index (Phi) is 5.85. The molecule has 2 aromatic rings. The number of alkyl halides is 2. The van der Waals surface area contributed by atoms with E-state index >= 15 is 0 Å². The largest absolute Gasteiger partial charge is 0.493 e. The van der Waals surface area contributed by atoms with Crippen molar-refractivity contribution in [1.82, 2.24) is 0 Å². The van der Waals surface area contributed by atoms with Crippen molar-refractivity contribution in [2.75, 3.05) is 7.11 Å². The van der Waals surface area contributed by atoms with Crippen LogP contribution in [-0.2, 0) is 0 Å². The number of carbonyl (C=O) groups is 1. The smallest absolute Gasteiger partial charge is 0.387 e. The minimum absolute atomic E-state index is 0.0739. The van der Waals surface area contributed by atoms with Crippen molar-refractivity contribution in [2.24, 2.45) is 0 Å². The molecule has 0 amide bonds. The molecule has 0 aliphatic rings. The number of rotatable bonds is 6. The normalized spacial score (nSPS) is 11.1. The summed E-state index contributed by atoms with van der Waals surface area (Å²) in [6.45, 7) is -1.13. The minimum Gasteiger partial charge on any atom is -0.493 e. The number of nitriles is 1. The first-order valence-electron chi connectivity index (χ1n) is 7.30. The first kappa shape index (κ1) is 18.1. The molecule has 0 spiro atoms. The van der Waals surface area contributed by atoms with Gasteiger partial charge in [-0.1, -0.05) is 29.8 Å². The zero-order chi connectivity index (χ0) is 18.4. The molecule has 0 radical (unpaired) electrons. The van der Waals surface area contributed by atoms with Gasteiger partial charge in [-0.25, -0.2) is 0 Å². The van der Waals surface area contributed by atoms with Gasteiger partial charge in [0, 0.05) is 5.56 Å². The molecule has 0 bridgehead atoms. The van der Waals surface area contributed by atoms with Gasteiger partial charge in [-0.05, 0) is 36.8 Å². The van der Waals surface area contributed by atoms with E-state index in [1.165, 1.54) is 31.4 Å². The predicted octanol–water partition coefficient (Wildman–Crippen LogP) is 4.39. The summed E-state index contributed by atoms with van der Waals surface area (Å²) in [5, 5.41) is 9.29. The highest BCUT2D eigenvalue weighted by Crippen LogP contribution is 2.30. The predicted molar refractivity (Wildman–Crippen MR) is 88.7 cm³/mol. The Hall–Kier alpha value is -3.20. The van der Waals surface area contributed by atoms with Gasteiger partial charge < -0.3 is 9.47 Å². The second kappa shape index (κ2) is 8.06. The lowest BCUT2D eigenvalue weighted by Crippen LogP contribution is -2.04. The summed E-state index contributed by atoms with van der Waals surface area (Å²) < 4.78 is 34.1. The third kappa shape index (κ3) is 4.64. The van der Waals surface area contributed by atoms with Crippen molar-refractivity contribution in [3.63, 3.8) is 0 Å². The number of ketones is 1. The second-order valence-corrected chi connectivity index (χ2v) is 5.16. The van der Waals surface area contributed by atoms with Gasteiger partial charge >= 0.3 is 6.61 Å². The van der Waals surface area contributed by atoms with Gasteiger partial charge in [0.05, 0.1) is 7.11 Å². The maximum absolute atomic E-state index is 12.5. The Bertz CT molecular complexity index is 854. The Balaban J connectivity index is 2.36. The molecule has 128 valence electrons. The summed E-state index contributed by atoms with van der Waals surface area (Å²) in [6.07, 6.45) is 1.37. The quantitative estimate of drug-likeness (QED) is 0.443. The van der Waals surface area contributed by atoms with Crippen LogP contribution in [0.5, 0.6) is 11.5 Å². The summed E-state index contributed by atoms with van der Waals surface area (Å²) in [6, 6.07) is 12.9. The van der Waals surface area contributed by atoms with E-state index in [4.69, 9.17) is 4.74 Å². The molecule has 4 nitrogen and oxygen atoms in total. The van der Waals surface area contributed by atoms with E-state index in [2.05, 4.69) is 4.74 Å². The molecule has 0 heterocycles. The Morgan fingerprint density at radius 2 is 1.96 bits per heavy atom. The zero-order valence-corrected chi connectivity index (χ0v) is 13.6. The van der Waals surface area contributed by atoms with Gasteiger partial charge in [0.2, 0.25) is 5.78 Å². The van der Waals surface area contributed by atoms with Gasteiger partial charge in [-0.3, -0.25) is 4.79 Å². The highest BCUT2D eigenvalue weighted by Gasteiger charge is 2.14. The third-order valence-corrected chi connectivity index (χ3v) is 3.36. The zero-order valence-electron chi connectivity index (χ0n) is 13.6. The monoisotopic (exact) mass is 343 g/mol. The summed E-state index contributed by atoms with van der Waals surface area (Å²) in [7, 11) is 1.31. The van der Waals surface area contributed by atoms with E-state index in [9.17, 15) is 18.8 Å². The number of ether oxygens (including phenoxy) is 2. The first-order chi connectivity index (χ1) is 11.9. The van der Waals surface area contributed by atoms with Crippen LogP contribution >= 0.6 is 0 Å². The lowest BCUT2D eigenvalue weighted by atomic mass is 10.0. The van der Waals surface area contributed by atoms with Crippen molar-refractivity contribution in [2.45, 2.75) is 13.5 Å². The Morgan fingerprint density at radius 3 is 2.56 bits per heavy atom. The molecule has 0 saturated heterocycles. The lowest BCUT2D eigenvalue weighted by molar-refractivity contribution is -0.0512. The number of carbonyl (C=O) groups excluding carboxylic acids is 1. The Morgan fingerprint density at radius 1 is 1.20 bits per heavy atom. The summed E-state index contributed by atoms with van der Waals surface area (Å²) >= 11 is 0. The molecule has 0 aliphatic carbocycles. The van der Waals surface area contributed by atoms with Crippen LogP contribution in [0.2, 0.25) is 0 Å². The topological polar surface area (TPSA) is 59.3 Å². The molecule has 0 fully saturated rings. The molecule has 0 atom stereocenters. The summed E-state index contributed by atoms with van der Waals surface area (Å²) in [4.78, 5) is 12.5. The van der Waals surface area contributed by atoms with E-state index in [1.54, 1.807) is 18.2 Å². The van der Waals surface area contributed by atoms with E-state index in [0.717, 1.165) is 5.56 Å². The van der Waals surface area contributed by atoms with E-state index < -0.39 is 12.4 Å². The molecule has 0 saturated carbocycles. The highest BCUT2D eigenvalue weighted by molar-refractivity contribution is 6.14. The molecule has 25 heavy (non-hydrogen) atoms. The van der Waals surface area contributed by atoms with Crippen LogP contribution in [0, 0.1) is 18.3 Å². The fourth-order valence-corrected chi connectivity index (χ4v) is 2.22. The fraction of sp³-hybridized carbons (Fsp3) is 0.158. The standard InChI is InChI=1S/C19H15F2NO3/c1-12-4-3-5-14(8-12)18(23)15(11-22)9-13-6-7-16(25-19(20)21)17(10-13)24-2/h3-10,19H,1-2H3/b15-9+. The molecular formula is C19H15F2NO3. The van der Waals surface area contributed by atoms with Crippen LogP contribution in [0.15, 0.2) is 48.0 Å². The fourth-order valence-electron chi connectivity index (χ4n) is 2.22. The van der Waals surface area contributed by atoms with Crippen molar-refractivity contribution in [1.29, 1.82) is 5.26 Å². The van der Waals surface area contributed by atoms with Crippen LogP contribution < -0.4 is 9.47 Å². The number of benzene rings is 2. The van der Waals surface area contributed by atoms with Crippen molar-refractivity contribution in [3.05, 3.63) is 64.7 Å². The number of hydrogen-bond acceptors (Lipinski definition) is 4. The average Bonchev–Trinajstić information content (AvgIpc) is 2.59. The molecule has 0 N–H and O–H groups in total. The summed E-state index contributed by atoms with van der Waals surface area (Å²) in [5.74, 6) is -0.467. The van der Waals surface area contributed by atoms with Crippen molar-refractivity contribution < 1.29 is 23.0 Å². The van der Waals surface area contributed by atoms with Crippen LogP contribution in [0.3, 0.4) is 0 Å². The number of nitrogens with zero attached hydrogens (tertiary/aromatic N) is 1. The molecule has 0 aromatic heterocycles.